The molecule has 1 aliphatic rings. The molecule has 142 valence electrons. The molecule has 9 nitrogen and oxygen atoms in total. The van der Waals surface area contributed by atoms with Crippen molar-refractivity contribution < 1.29 is 9.47 Å². The molecule has 0 fully saturated rings. The van der Waals surface area contributed by atoms with E-state index < -0.39 is 0 Å². The lowest BCUT2D eigenvalue weighted by atomic mass is 10.1. The predicted octanol–water partition coefficient (Wildman–Crippen LogP) is 1.32. The van der Waals surface area contributed by atoms with Crippen LogP contribution >= 0.6 is 0 Å². The van der Waals surface area contributed by atoms with Crippen LogP contribution < -0.4 is 26.3 Å². The molecule has 0 atom stereocenters. The van der Waals surface area contributed by atoms with E-state index in [1.54, 1.807) is 13.3 Å². The highest BCUT2D eigenvalue weighted by Gasteiger charge is 2.16. The van der Waals surface area contributed by atoms with E-state index >= 15 is 0 Å². The molecule has 3 rings (SSSR count). The number of benzene rings is 1. The number of methoxy groups -OCH3 is 1. The minimum Gasteiger partial charge on any atom is -0.496 e. The van der Waals surface area contributed by atoms with E-state index in [2.05, 4.69) is 25.5 Å². The smallest absolute Gasteiger partial charge is 0.176 e. The van der Waals surface area contributed by atoms with Crippen molar-refractivity contribution >= 4 is 17.9 Å². The fourth-order valence-electron chi connectivity index (χ4n) is 2.55. The van der Waals surface area contributed by atoms with Crippen LogP contribution in [0, 0.1) is 0 Å². The minimum absolute atomic E-state index is 0.476. The van der Waals surface area contributed by atoms with E-state index in [0.29, 0.717) is 42.8 Å². The summed E-state index contributed by atoms with van der Waals surface area (Å²) in [5.41, 5.74) is 13.3. The Morgan fingerprint density at radius 3 is 2.89 bits per heavy atom. The Labute approximate surface area is 157 Å². The molecule has 1 aromatic heterocycles. The van der Waals surface area contributed by atoms with Gasteiger partial charge >= 0.3 is 0 Å². The lowest BCUT2D eigenvalue weighted by Crippen LogP contribution is -2.27. The van der Waals surface area contributed by atoms with Gasteiger partial charge in [0.05, 0.1) is 43.4 Å². The van der Waals surface area contributed by atoms with Crippen LogP contribution in [0.4, 0.5) is 5.82 Å². The van der Waals surface area contributed by atoms with Crippen LogP contribution in [0.2, 0.25) is 0 Å². The van der Waals surface area contributed by atoms with Gasteiger partial charge in [0.2, 0.25) is 0 Å². The Morgan fingerprint density at radius 1 is 1.33 bits per heavy atom. The van der Waals surface area contributed by atoms with Crippen LogP contribution in [0.25, 0.3) is 11.3 Å². The Hall–Kier alpha value is -3.33. The van der Waals surface area contributed by atoms with Gasteiger partial charge in [-0.15, -0.1) is 0 Å². The molecule has 0 radical (unpaired) electrons. The number of hydrogen-bond donors (Lipinski definition) is 4. The third kappa shape index (κ3) is 4.45. The molecule has 0 bridgehead atoms. The van der Waals surface area contributed by atoms with Crippen molar-refractivity contribution in [1.82, 2.24) is 15.5 Å². The molecule has 1 aromatic carbocycles. The van der Waals surface area contributed by atoms with Crippen molar-refractivity contribution in [1.29, 1.82) is 0 Å². The topological polar surface area (TPSA) is 136 Å². The number of rotatable bonds is 7. The van der Waals surface area contributed by atoms with Gasteiger partial charge in [0.15, 0.2) is 5.82 Å². The van der Waals surface area contributed by atoms with E-state index in [1.807, 2.05) is 24.3 Å². The van der Waals surface area contributed by atoms with Crippen molar-refractivity contribution in [3.8, 4) is 22.8 Å². The molecule has 0 saturated carbocycles. The number of hydrogen-bond acceptors (Lipinski definition) is 7. The molecule has 9 heteroatoms. The summed E-state index contributed by atoms with van der Waals surface area (Å²) in [6.07, 6.45) is 3.85. The third-order valence-electron chi connectivity index (χ3n) is 3.87. The average Bonchev–Trinajstić information content (AvgIpc) is 3.16. The monoisotopic (exact) mass is 369 g/mol. The summed E-state index contributed by atoms with van der Waals surface area (Å²) < 4.78 is 11.4. The molecule has 27 heavy (non-hydrogen) atoms. The molecule has 0 amide bonds. The first-order chi connectivity index (χ1) is 13.2. The van der Waals surface area contributed by atoms with Crippen LogP contribution in [0.5, 0.6) is 11.5 Å². The van der Waals surface area contributed by atoms with Crippen LogP contribution in [0.15, 0.2) is 46.1 Å². The first kappa shape index (κ1) is 18.5. The molecule has 0 spiro atoms. The zero-order valence-electron chi connectivity index (χ0n) is 15.1. The van der Waals surface area contributed by atoms with Gasteiger partial charge in [-0.25, -0.2) is 9.98 Å². The molecule has 2 heterocycles. The highest BCUT2D eigenvalue weighted by molar-refractivity contribution is 5.99. The maximum absolute atomic E-state index is 5.86. The second kappa shape index (κ2) is 8.86. The number of aliphatic imine (C=N–C) groups is 2. The summed E-state index contributed by atoms with van der Waals surface area (Å²) >= 11 is 0. The van der Waals surface area contributed by atoms with Crippen LogP contribution in [0.1, 0.15) is 6.42 Å². The summed E-state index contributed by atoms with van der Waals surface area (Å²) in [5, 5.41) is 10.3. The lowest BCUT2D eigenvalue weighted by Gasteiger charge is -2.13. The predicted molar refractivity (Wildman–Crippen MR) is 106 cm³/mol. The van der Waals surface area contributed by atoms with Gasteiger partial charge in [0, 0.05) is 12.3 Å². The summed E-state index contributed by atoms with van der Waals surface area (Å²) in [6.45, 7) is 1.57. The first-order valence-corrected chi connectivity index (χ1v) is 8.58. The Balaban J connectivity index is 1.87. The summed E-state index contributed by atoms with van der Waals surface area (Å²) in [4.78, 5) is 8.70. The lowest BCUT2D eigenvalue weighted by molar-refractivity contribution is 0.312. The Bertz CT molecular complexity index is 870. The second-order valence-corrected chi connectivity index (χ2v) is 5.73. The molecule has 0 unspecified atom stereocenters. The van der Waals surface area contributed by atoms with E-state index in [0.717, 1.165) is 23.4 Å². The van der Waals surface area contributed by atoms with Crippen LogP contribution in [0.3, 0.4) is 0 Å². The van der Waals surface area contributed by atoms with E-state index in [-0.39, 0.29) is 0 Å². The van der Waals surface area contributed by atoms with Gasteiger partial charge in [-0.05, 0) is 25.1 Å². The van der Waals surface area contributed by atoms with E-state index in [4.69, 9.17) is 20.9 Å². The zero-order chi connectivity index (χ0) is 19.1. The number of nitrogens with zero attached hydrogens (tertiary/aromatic N) is 3. The summed E-state index contributed by atoms with van der Waals surface area (Å²) in [5.74, 6) is 2.50. The average molecular weight is 369 g/mol. The van der Waals surface area contributed by atoms with Crippen molar-refractivity contribution in [2.24, 2.45) is 21.5 Å². The normalized spacial score (nSPS) is 16.5. The number of H-pyrrole nitrogens is 1. The van der Waals surface area contributed by atoms with E-state index in [9.17, 15) is 0 Å². The minimum atomic E-state index is 0.476. The summed E-state index contributed by atoms with van der Waals surface area (Å²) in [7, 11) is 1.62. The van der Waals surface area contributed by atoms with Gasteiger partial charge < -0.3 is 26.3 Å². The highest BCUT2D eigenvalue weighted by atomic mass is 16.5. The van der Waals surface area contributed by atoms with Crippen molar-refractivity contribution in [2.75, 3.05) is 26.8 Å². The first-order valence-electron chi connectivity index (χ1n) is 8.58. The molecule has 0 aliphatic carbocycles. The summed E-state index contributed by atoms with van der Waals surface area (Å²) in [6, 6.07) is 7.46. The van der Waals surface area contributed by atoms with Crippen molar-refractivity contribution in [2.45, 2.75) is 6.42 Å². The molecular formula is C18H23N7O2. The molecule has 1 aliphatic heterocycles. The highest BCUT2D eigenvalue weighted by Crippen LogP contribution is 2.38. The van der Waals surface area contributed by atoms with Gasteiger partial charge in [-0.2, -0.15) is 5.10 Å². The standard InChI is InChI=1S/C18H23N7O2/c1-26-14-4-2-5-15(27-7-3-6-19)18(14)13-8-16(25-24-13)23-17-11-21-12(9-20)10-22-17/h2,4-5,8-10,21H,3,6-7,11,19-20H2,1H3,(H,24,25). The number of nitrogens with one attached hydrogen (secondary N) is 2. The second-order valence-electron chi connectivity index (χ2n) is 5.73. The number of aromatic amines is 1. The largest absolute Gasteiger partial charge is 0.496 e. The van der Waals surface area contributed by atoms with E-state index in [1.165, 1.54) is 6.20 Å². The number of allylic oxidation sites excluding steroid dienone is 1. The van der Waals surface area contributed by atoms with Gasteiger partial charge in [0.25, 0.3) is 0 Å². The SMILES string of the molecule is COc1cccc(OCCCN)c1-c1cc(N=C2CNC(=CN)C=N2)n[nH]1. The quantitative estimate of drug-likeness (QED) is 0.543. The van der Waals surface area contributed by atoms with Crippen LogP contribution in [-0.4, -0.2) is 49.1 Å². The van der Waals surface area contributed by atoms with Crippen LogP contribution in [-0.2, 0) is 0 Å². The fraction of sp³-hybridized carbons (Fsp3) is 0.278. The molecule has 0 saturated heterocycles. The number of nitrogens with two attached hydrogens (primary N) is 2. The zero-order valence-corrected chi connectivity index (χ0v) is 15.1. The number of ether oxygens (including phenoxy) is 2. The van der Waals surface area contributed by atoms with Gasteiger partial charge in [0.1, 0.15) is 17.3 Å². The maximum Gasteiger partial charge on any atom is 0.176 e. The third-order valence-corrected chi connectivity index (χ3v) is 3.87. The van der Waals surface area contributed by atoms with Gasteiger partial charge in [-0.1, -0.05) is 6.07 Å². The molecule has 6 N–H and O–H groups in total. The number of aromatic nitrogens is 2. The maximum atomic E-state index is 5.86. The molecule has 2 aromatic rings. The van der Waals surface area contributed by atoms with Crippen molar-refractivity contribution in [3.63, 3.8) is 0 Å². The van der Waals surface area contributed by atoms with Crippen molar-refractivity contribution in [3.05, 3.63) is 36.2 Å². The molecular weight excluding hydrogens is 346 g/mol. The Morgan fingerprint density at radius 2 is 2.19 bits per heavy atom. The number of amidine groups is 1. The Kier molecular flexibility index (Phi) is 6.06. The van der Waals surface area contributed by atoms with Gasteiger partial charge in [-0.3, -0.25) is 5.10 Å². The fourth-order valence-corrected chi connectivity index (χ4v) is 2.55.